The lowest BCUT2D eigenvalue weighted by Gasteiger charge is -2.20. The van der Waals surface area contributed by atoms with Gasteiger partial charge in [-0.2, -0.15) is 0 Å². The van der Waals surface area contributed by atoms with Gasteiger partial charge in [-0.1, -0.05) is 57.2 Å². The summed E-state index contributed by atoms with van der Waals surface area (Å²) in [5.41, 5.74) is 3.21. The molecule has 0 radical (unpaired) electrons. The first-order chi connectivity index (χ1) is 15.0. The van der Waals surface area contributed by atoms with Crippen molar-refractivity contribution in [2.75, 3.05) is 21.3 Å². The Kier molecular flexibility index (Phi) is 8.79. The second-order valence-corrected chi connectivity index (χ2v) is 10.8. The van der Waals surface area contributed by atoms with E-state index in [4.69, 9.17) is 13.8 Å². The van der Waals surface area contributed by atoms with Crippen LogP contribution in [-0.4, -0.2) is 39.2 Å². The van der Waals surface area contributed by atoms with Crippen molar-refractivity contribution in [2.24, 2.45) is 0 Å². The average molecular weight is 461 g/mol. The summed E-state index contributed by atoms with van der Waals surface area (Å²) in [6, 6.07) is 13.7. The number of benzene rings is 2. The second-order valence-electron chi connectivity index (χ2n) is 8.53. The van der Waals surface area contributed by atoms with Gasteiger partial charge in [0.05, 0.1) is 13.3 Å². The van der Waals surface area contributed by atoms with E-state index < -0.39 is 25.5 Å². The molecule has 2 aromatic rings. The molecule has 0 aliphatic heterocycles. The minimum atomic E-state index is -3.20. The van der Waals surface area contributed by atoms with Crippen LogP contribution in [0, 0.1) is 0 Å². The smallest absolute Gasteiger partial charge is 0.334 e. The summed E-state index contributed by atoms with van der Waals surface area (Å²) in [5.74, 6) is -0.920. The molecule has 0 saturated carbocycles. The zero-order valence-electron chi connectivity index (χ0n) is 19.5. The molecule has 2 rings (SSSR count). The first-order valence-corrected chi connectivity index (χ1v) is 12.0. The fraction of sp³-hybridized carbons (Fsp3) is 0.417. The van der Waals surface area contributed by atoms with Crippen LogP contribution in [0.2, 0.25) is 0 Å². The molecule has 0 aliphatic carbocycles. The van der Waals surface area contributed by atoms with Crippen LogP contribution in [0.3, 0.4) is 0 Å². The minimum Gasteiger partial charge on any atom is -0.467 e. The SMILES string of the molecule is COC(=O)[C@H](Cc1ccc(C(C)(C)C)cc1)NC(=O)c1ccc(CP(=O)(OC)OC)cc1. The van der Waals surface area contributed by atoms with Crippen molar-refractivity contribution in [3.05, 3.63) is 70.8 Å². The number of hydrogen-bond donors (Lipinski definition) is 1. The van der Waals surface area contributed by atoms with Crippen LogP contribution in [-0.2, 0) is 41.1 Å². The minimum absolute atomic E-state index is 0.0287. The molecule has 1 atom stereocenters. The number of carbonyl (C=O) groups excluding carboxylic acids is 2. The maximum absolute atomic E-state index is 12.7. The number of methoxy groups -OCH3 is 1. The van der Waals surface area contributed by atoms with Crippen molar-refractivity contribution in [2.45, 2.75) is 44.8 Å². The van der Waals surface area contributed by atoms with Gasteiger partial charge in [0.25, 0.3) is 5.91 Å². The predicted molar refractivity (Wildman–Crippen MR) is 124 cm³/mol. The number of ether oxygens (including phenoxy) is 1. The van der Waals surface area contributed by atoms with Gasteiger partial charge in [-0.3, -0.25) is 9.36 Å². The van der Waals surface area contributed by atoms with E-state index in [1.54, 1.807) is 24.3 Å². The monoisotopic (exact) mass is 461 g/mol. The molecule has 0 saturated heterocycles. The molecule has 0 heterocycles. The van der Waals surface area contributed by atoms with Crippen LogP contribution >= 0.6 is 7.60 Å². The van der Waals surface area contributed by atoms with Crippen molar-refractivity contribution < 1.29 is 27.9 Å². The van der Waals surface area contributed by atoms with Gasteiger partial charge in [0.2, 0.25) is 0 Å². The van der Waals surface area contributed by atoms with Crippen molar-refractivity contribution in [3.8, 4) is 0 Å². The van der Waals surface area contributed by atoms with E-state index in [2.05, 4.69) is 26.1 Å². The largest absolute Gasteiger partial charge is 0.467 e. The number of nitrogens with one attached hydrogen (secondary N) is 1. The first kappa shape index (κ1) is 25.8. The fourth-order valence-corrected chi connectivity index (χ4v) is 4.21. The van der Waals surface area contributed by atoms with Crippen molar-refractivity contribution in [1.29, 1.82) is 0 Å². The Morgan fingerprint density at radius 1 is 0.906 bits per heavy atom. The van der Waals surface area contributed by atoms with Gasteiger partial charge in [0.1, 0.15) is 6.04 Å². The molecule has 0 aromatic heterocycles. The summed E-state index contributed by atoms with van der Waals surface area (Å²) >= 11 is 0. The van der Waals surface area contributed by atoms with Crippen molar-refractivity contribution in [3.63, 3.8) is 0 Å². The highest BCUT2D eigenvalue weighted by Crippen LogP contribution is 2.49. The van der Waals surface area contributed by atoms with Gasteiger partial charge in [-0.15, -0.1) is 0 Å². The quantitative estimate of drug-likeness (QED) is 0.437. The topological polar surface area (TPSA) is 90.9 Å². The van der Waals surface area contributed by atoms with E-state index in [0.717, 1.165) is 5.56 Å². The highest BCUT2D eigenvalue weighted by Gasteiger charge is 2.24. The van der Waals surface area contributed by atoms with Crippen LogP contribution in [0.1, 0.15) is 47.8 Å². The lowest BCUT2D eigenvalue weighted by atomic mass is 9.86. The number of amides is 1. The summed E-state index contributed by atoms with van der Waals surface area (Å²) in [7, 11) is 0.756. The molecule has 2 aromatic carbocycles. The van der Waals surface area contributed by atoms with Gasteiger partial charge in [-0.05, 0) is 34.2 Å². The van der Waals surface area contributed by atoms with Crippen LogP contribution in [0.5, 0.6) is 0 Å². The molecule has 1 N–H and O–H groups in total. The molecule has 7 nitrogen and oxygen atoms in total. The van der Waals surface area contributed by atoms with E-state index in [1.807, 2.05) is 24.3 Å². The molecule has 1 amide bonds. The Hall–Kier alpha value is -2.47. The van der Waals surface area contributed by atoms with Crippen LogP contribution in [0.15, 0.2) is 48.5 Å². The summed E-state index contributed by atoms with van der Waals surface area (Å²) in [6.45, 7) is 6.40. The van der Waals surface area contributed by atoms with E-state index in [-0.39, 0.29) is 11.6 Å². The van der Waals surface area contributed by atoms with Gasteiger partial charge in [-0.25, -0.2) is 4.79 Å². The lowest BCUT2D eigenvalue weighted by molar-refractivity contribution is -0.142. The fourth-order valence-electron chi connectivity index (χ4n) is 3.14. The predicted octanol–water partition coefficient (Wildman–Crippen LogP) is 4.48. The molecule has 174 valence electrons. The molecule has 0 bridgehead atoms. The van der Waals surface area contributed by atoms with Crippen LogP contribution < -0.4 is 5.32 Å². The molecular weight excluding hydrogens is 429 g/mol. The zero-order chi connectivity index (χ0) is 23.9. The van der Waals surface area contributed by atoms with E-state index in [1.165, 1.54) is 26.9 Å². The highest BCUT2D eigenvalue weighted by molar-refractivity contribution is 7.52. The standard InChI is InChI=1S/C24H32NO6P/c1-24(2,3)20-13-9-17(10-14-20)15-21(23(27)29-4)25-22(26)19-11-7-18(8-12-19)16-32(28,30-5)31-6/h7-14,21H,15-16H2,1-6H3,(H,25,26)/t21-/m0/s1. The maximum atomic E-state index is 12.7. The maximum Gasteiger partial charge on any atom is 0.334 e. The lowest BCUT2D eigenvalue weighted by Crippen LogP contribution is -2.43. The average Bonchev–Trinajstić information content (AvgIpc) is 2.78. The number of esters is 1. The third kappa shape index (κ3) is 7.02. The van der Waals surface area contributed by atoms with Crippen LogP contribution in [0.4, 0.5) is 0 Å². The highest BCUT2D eigenvalue weighted by atomic mass is 31.2. The van der Waals surface area contributed by atoms with Crippen molar-refractivity contribution in [1.82, 2.24) is 5.32 Å². The van der Waals surface area contributed by atoms with Gasteiger partial charge in [0, 0.05) is 26.2 Å². The summed E-state index contributed by atoms with van der Waals surface area (Å²) < 4.78 is 27.0. The summed E-state index contributed by atoms with van der Waals surface area (Å²) in [5, 5.41) is 2.75. The molecule has 8 heteroatoms. The molecule has 0 fully saturated rings. The normalized spacial score (nSPS) is 12.8. The molecular formula is C24H32NO6P. The second kappa shape index (κ2) is 10.9. The zero-order valence-corrected chi connectivity index (χ0v) is 20.4. The van der Waals surface area contributed by atoms with Crippen molar-refractivity contribution >= 4 is 19.5 Å². The Bertz CT molecular complexity index is 955. The Balaban J connectivity index is 2.11. The Morgan fingerprint density at radius 3 is 1.91 bits per heavy atom. The molecule has 0 aliphatic rings. The Morgan fingerprint density at radius 2 is 1.44 bits per heavy atom. The summed E-state index contributed by atoms with van der Waals surface area (Å²) in [4.78, 5) is 25.0. The Labute approximate surface area is 190 Å². The summed E-state index contributed by atoms with van der Waals surface area (Å²) in [6.07, 6.45) is 0.406. The van der Waals surface area contributed by atoms with Gasteiger partial charge >= 0.3 is 13.6 Å². The van der Waals surface area contributed by atoms with Gasteiger partial charge in [0.15, 0.2) is 0 Å². The van der Waals surface area contributed by atoms with E-state index in [0.29, 0.717) is 17.5 Å². The van der Waals surface area contributed by atoms with E-state index >= 15 is 0 Å². The van der Waals surface area contributed by atoms with E-state index in [9.17, 15) is 14.2 Å². The molecule has 0 spiro atoms. The van der Waals surface area contributed by atoms with Crippen LogP contribution in [0.25, 0.3) is 0 Å². The molecule has 32 heavy (non-hydrogen) atoms. The van der Waals surface area contributed by atoms with Gasteiger partial charge < -0.3 is 19.1 Å². The number of rotatable bonds is 9. The first-order valence-electron chi connectivity index (χ1n) is 10.3. The third-order valence-electron chi connectivity index (χ3n) is 5.20. The molecule has 0 unspecified atom stereocenters. The number of hydrogen-bond acceptors (Lipinski definition) is 6. The number of carbonyl (C=O) groups is 2. The third-order valence-corrected chi connectivity index (χ3v) is 7.06.